The second-order valence-corrected chi connectivity index (χ2v) is 6.32. The average Bonchev–Trinajstić information content (AvgIpc) is 2.36. The van der Waals surface area contributed by atoms with Gasteiger partial charge in [0.2, 0.25) is 10.0 Å². The Kier molecular flexibility index (Phi) is 5.73. The maximum Gasteiger partial charge on any atom is 0.215 e. The number of nitrogens with zero attached hydrogens (tertiary/aromatic N) is 2. The maximum absolute atomic E-state index is 13.7. The van der Waals surface area contributed by atoms with Crippen molar-refractivity contribution in [3.63, 3.8) is 0 Å². The molecule has 0 saturated heterocycles. The summed E-state index contributed by atoms with van der Waals surface area (Å²) in [5.74, 6) is -0.770. The van der Waals surface area contributed by atoms with Crippen LogP contribution in [0.25, 0.3) is 0 Å². The Bertz CT molecular complexity index is 584. The maximum atomic E-state index is 13.7. The molecule has 0 bridgehead atoms. The van der Waals surface area contributed by atoms with Crippen molar-refractivity contribution in [3.05, 3.63) is 35.1 Å². The van der Waals surface area contributed by atoms with Gasteiger partial charge in [0.05, 0.1) is 17.4 Å². The van der Waals surface area contributed by atoms with Gasteiger partial charge in [-0.25, -0.2) is 12.8 Å². The van der Waals surface area contributed by atoms with Crippen LogP contribution in [0, 0.1) is 17.1 Å². The van der Waals surface area contributed by atoms with Crippen molar-refractivity contribution in [1.82, 2.24) is 4.31 Å². The zero-order valence-electron chi connectivity index (χ0n) is 10.4. The fourth-order valence-electron chi connectivity index (χ4n) is 1.57. The second kappa shape index (κ2) is 6.85. The molecule has 104 valence electrons. The predicted octanol–water partition coefficient (Wildman–Crippen LogP) is 2.09. The summed E-state index contributed by atoms with van der Waals surface area (Å²) in [7, 11) is -3.48. The first kappa shape index (κ1) is 15.9. The van der Waals surface area contributed by atoms with Gasteiger partial charge in [0.25, 0.3) is 0 Å². The Balaban J connectivity index is 2.97. The molecule has 7 heteroatoms. The Hall–Kier alpha value is -1.16. The van der Waals surface area contributed by atoms with Crippen molar-refractivity contribution in [1.29, 1.82) is 5.26 Å². The summed E-state index contributed by atoms with van der Waals surface area (Å²) in [6.07, 6.45) is 0. The minimum atomic E-state index is -3.48. The van der Waals surface area contributed by atoms with Gasteiger partial charge in [0.15, 0.2) is 0 Å². The number of nitriles is 1. The van der Waals surface area contributed by atoms with E-state index in [9.17, 15) is 12.8 Å². The molecule has 0 amide bonds. The summed E-state index contributed by atoms with van der Waals surface area (Å²) in [5, 5.41) is 8.64. The number of sulfonamides is 1. The lowest BCUT2D eigenvalue weighted by atomic mass is 10.1. The lowest BCUT2D eigenvalue weighted by molar-refractivity contribution is 0.416. The van der Waals surface area contributed by atoms with Gasteiger partial charge in [0.1, 0.15) is 5.82 Å². The fraction of sp³-hybridized carbons (Fsp3) is 0.417. The molecule has 1 aromatic carbocycles. The molecule has 0 aliphatic heterocycles. The Morgan fingerprint density at radius 3 is 2.63 bits per heavy atom. The highest BCUT2D eigenvalue weighted by molar-refractivity contribution is 7.89. The fourth-order valence-corrected chi connectivity index (χ4v) is 3.34. The van der Waals surface area contributed by atoms with Gasteiger partial charge in [-0.05, 0) is 12.1 Å². The molecule has 19 heavy (non-hydrogen) atoms. The molecule has 0 radical (unpaired) electrons. The van der Waals surface area contributed by atoms with E-state index in [1.54, 1.807) is 6.92 Å². The summed E-state index contributed by atoms with van der Waals surface area (Å²) in [6, 6.07) is 5.80. The highest BCUT2D eigenvalue weighted by Gasteiger charge is 2.21. The van der Waals surface area contributed by atoms with Crippen molar-refractivity contribution in [2.24, 2.45) is 0 Å². The third-order valence-corrected chi connectivity index (χ3v) is 4.92. The number of hydrogen-bond acceptors (Lipinski definition) is 3. The highest BCUT2D eigenvalue weighted by atomic mass is 35.5. The molecule has 0 saturated carbocycles. The molecule has 1 rings (SSSR count). The summed E-state index contributed by atoms with van der Waals surface area (Å²) < 4.78 is 38.6. The van der Waals surface area contributed by atoms with Gasteiger partial charge in [0, 0.05) is 24.5 Å². The van der Waals surface area contributed by atoms with Gasteiger partial charge >= 0.3 is 0 Å². The van der Waals surface area contributed by atoms with Crippen LogP contribution in [0.2, 0.25) is 0 Å². The molecule has 0 fully saturated rings. The molecule has 0 heterocycles. The number of benzene rings is 1. The minimum absolute atomic E-state index is 0.00527. The van der Waals surface area contributed by atoms with Crippen LogP contribution in [0.4, 0.5) is 4.39 Å². The van der Waals surface area contributed by atoms with Crippen LogP contribution >= 0.6 is 11.6 Å². The van der Waals surface area contributed by atoms with Crippen LogP contribution in [-0.4, -0.2) is 30.9 Å². The minimum Gasteiger partial charge on any atom is -0.212 e. The van der Waals surface area contributed by atoms with E-state index in [1.165, 1.54) is 16.4 Å². The second-order valence-electron chi connectivity index (χ2n) is 3.85. The standard InChI is InChI=1S/C12H14ClFN2O2S/c1-2-16(19(17,18)6-5-13)9-11-4-3-10(8-15)7-12(11)14/h3-4,7H,2,5-6,9H2,1H3. The Morgan fingerprint density at radius 1 is 1.47 bits per heavy atom. The van der Waals surface area contributed by atoms with Crippen LogP contribution < -0.4 is 0 Å². The normalized spacial score (nSPS) is 11.5. The van der Waals surface area contributed by atoms with E-state index in [4.69, 9.17) is 16.9 Å². The van der Waals surface area contributed by atoms with Crippen molar-refractivity contribution in [2.45, 2.75) is 13.5 Å². The first-order chi connectivity index (χ1) is 8.94. The molecular weight excluding hydrogens is 291 g/mol. The summed E-state index contributed by atoms with van der Waals surface area (Å²) in [4.78, 5) is 0. The molecule has 0 atom stereocenters. The Labute approximate surface area is 117 Å². The van der Waals surface area contributed by atoms with E-state index < -0.39 is 15.8 Å². The van der Waals surface area contributed by atoms with Crippen molar-refractivity contribution < 1.29 is 12.8 Å². The van der Waals surface area contributed by atoms with Crippen LogP contribution in [0.1, 0.15) is 18.1 Å². The number of alkyl halides is 1. The molecule has 1 aromatic rings. The van der Waals surface area contributed by atoms with Crippen LogP contribution in [0.3, 0.4) is 0 Å². The Morgan fingerprint density at radius 2 is 2.16 bits per heavy atom. The number of hydrogen-bond donors (Lipinski definition) is 0. The SMILES string of the molecule is CCN(Cc1ccc(C#N)cc1F)S(=O)(=O)CCCl. The summed E-state index contributed by atoms with van der Waals surface area (Å²) in [6.45, 7) is 1.85. The van der Waals surface area contributed by atoms with E-state index in [0.717, 1.165) is 6.07 Å². The van der Waals surface area contributed by atoms with Crippen LogP contribution in [-0.2, 0) is 16.6 Å². The van der Waals surface area contributed by atoms with E-state index in [2.05, 4.69) is 0 Å². The molecule has 0 aliphatic carbocycles. The largest absolute Gasteiger partial charge is 0.215 e. The predicted molar refractivity (Wildman–Crippen MR) is 71.7 cm³/mol. The quantitative estimate of drug-likeness (QED) is 0.756. The van der Waals surface area contributed by atoms with Crippen LogP contribution in [0.5, 0.6) is 0 Å². The first-order valence-electron chi connectivity index (χ1n) is 5.67. The monoisotopic (exact) mass is 304 g/mol. The van der Waals surface area contributed by atoms with Crippen molar-refractivity contribution in [2.75, 3.05) is 18.2 Å². The number of halogens is 2. The summed E-state index contributed by atoms with van der Waals surface area (Å²) in [5.41, 5.74) is 0.437. The summed E-state index contributed by atoms with van der Waals surface area (Å²) >= 11 is 5.44. The molecular formula is C12H14ClFN2O2S. The van der Waals surface area contributed by atoms with Gasteiger partial charge in [-0.1, -0.05) is 13.0 Å². The molecule has 4 nitrogen and oxygen atoms in total. The van der Waals surface area contributed by atoms with Gasteiger partial charge in [-0.3, -0.25) is 0 Å². The zero-order valence-corrected chi connectivity index (χ0v) is 12.0. The van der Waals surface area contributed by atoms with E-state index >= 15 is 0 Å². The van der Waals surface area contributed by atoms with Gasteiger partial charge in [-0.2, -0.15) is 9.57 Å². The van der Waals surface area contributed by atoms with E-state index in [-0.39, 0.29) is 35.8 Å². The zero-order chi connectivity index (χ0) is 14.5. The van der Waals surface area contributed by atoms with E-state index in [1.807, 2.05) is 6.07 Å². The topological polar surface area (TPSA) is 61.2 Å². The molecule has 0 aliphatic rings. The lowest BCUT2D eigenvalue weighted by Gasteiger charge is -2.20. The molecule has 0 spiro atoms. The molecule has 0 unspecified atom stereocenters. The number of rotatable bonds is 6. The molecule has 0 N–H and O–H groups in total. The smallest absolute Gasteiger partial charge is 0.212 e. The highest BCUT2D eigenvalue weighted by Crippen LogP contribution is 2.15. The lowest BCUT2D eigenvalue weighted by Crippen LogP contribution is -2.33. The van der Waals surface area contributed by atoms with Gasteiger partial charge in [-0.15, -0.1) is 11.6 Å². The van der Waals surface area contributed by atoms with E-state index in [0.29, 0.717) is 0 Å². The average molecular weight is 305 g/mol. The van der Waals surface area contributed by atoms with Crippen molar-refractivity contribution >= 4 is 21.6 Å². The third kappa shape index (κ3) is 4.16. The van der Waals surface area contributed by atoms with Crippen molar-refractivity contribution in [3.8, 4) is 6.07 Å². The molecule has 0 aromatic heterocycles. The third-order valence-electron chi connectivity index (χ3n) is 2.61. The first-order valence-corrected chi connectivity index (χ1v) is 7.81. The van der Waals surface area contributed by atoms with Gasteiger partial charge < -0.3 is 0 Å². The van der Waals surface area contributed by atoms with Crippen LogP contribution in [0.15, 0.2) is 18.2 Å².